The molecule has 29 heavy (non-hydrogen) atoms. The molecule has 0 radical (unpaired) electrons. The molecule has 3 aliphatic rings. The van der Waals surface area contributed by atoms with Crippen LogP contribution in [0.25, 0.3) is 0 Å². The molecule has 2 atom stereocenters. The summed E-state index contributed by atoms with van der Waals surface area (Å²) in [4.78, 5) is 19.8. The van der Waals surface area contributed by atoms with Gasteiger partial charge in [0.05, 0.1) is 6.10 Å². The van der Waals surface area contributed by atoms with E-state index in [0.29, 0.717) is 49.8 Å². The zero-order chi connectivity index (χ0) is 20.6. The second-order valence-corrected chi connectivity index (χ2v) is 8.99. The number of benzene rings is 1. The van der Waals surface area contributed by atoms with Gasteiger partial charge in [0.1, 0.15) is 18.8 Å². The van der Waals surface area contributed by atoms with E-state index in [1.165, 1.54) is 0 Å². The highest BCUT2D eigenvalue weighted by molar-refractivity contribution is 5.68. The second kappa shape index (κ2) is 7.66. The van der Waals surface area contributed by atoms with Crippen molar-refractivity contribution in [2.75, 3.05) is 26.3 Å². The average Bonchev–Trinajstić information content (AvgIpc) is 3.10. The van der Waals surface area contributed by atoms with Crippen molar-refractivity contribution in [1.29, 1.82) is 0 Å². The fraction of sp³-hybridized carbons (Fsp3) is 0.667. The number of hydrogen-bond donors (Lipinski definition) is 2. The first-order chi connectivity index (χ1) is 13.7. The van der Waals surface area contributed by atoms with Crippen molar-refractivity contribution in [1.82, 2.24) is 10.4 Å². The maximum Gasteiger partial charge on any atom is 0.410 e. The summed E-state index contributed by atoms with van der Waals surface area (Å²) < 4.78 is 16.6. The molecule has 4 rings (SSSR count). The van der Waals surface area contributed by atoms with Gasteiger partial charge in [-0.05, 0) is 51.7 Å². The van der Waals surface area contributed by atoms with E-state index in [-0.39, 0.29) is 18.1 Å². The predicted molar refractivity (Wildman–Crippen MR) is 104 cm³/mol. The average molecular weight is 406 g/mol. The van der Waals surface area contributed by atoms with E-state index in [0.717, 1.165) is 12.8 Å². The second-order valence-electron chi connectivity index (χ2n) is 8.99. The van der Waals surface area contributed by atoms with Crippen molar-refractivity contribution < 1.29 is 28.9 Å². The van der Waals surface area contributed by atoms with Crippen molar-refractivity contribution in [3.05, 3.63) is 23.8 Å². The van der Waals surface area contributed by atoms with Gasteiger partial charge in [-0.1, -0.05) is 6.07 Å². The smallest absolute Gasteiger partial charge is 0.410 e. The first kappa shape index (κ1) is 20.3. The molecular weight excluding hydrogens is 376 g/mol. The van der Waals surface area contributed by atoms with Crippen LogP contribution < -0.4 is 15.0 Å². The fourth-order valence-corrected chi connectivity index (χ4v) is 4.07. The monoisotopic (exact) mass is 406 g/mol. The summed E-state index contributed by atoms with van der Waals surface area (Å²) in [5, 5.41) is 11.1. The summed E-state index contributed by atoms with van der Waals surface area (Å²) in [6, 6.07) is 5.45. The van der Waals surface area contributed by atoms with Gasteiger partial charge in [-0.25, -0.2) is 4.79 Å². The zero-order valence-electron chi connectivity index (χ0n) is 17.3. The number of aliphatic hydroxyl groups is 1. The Morgan fingerprint density at radius 3 is 2.59 bits per heavy atom. The van der Waals surface area contributed by atoms with Crippen LogP contribution in [0.3, 0.4) is 0 Å². The van der Waals surface area contributed by atoms with Crippen molar-refractivity contribution in [3.63, 3.8) is 0 Å². The summed E-state index contributed by atoms with van der Waals surface area (Å²) >= 11 is 0. The number of carbonyl (C=O) groups excluding carboxylic acids is 1. The number of hydrogen-bond acceptors (Lipinski definition) is 7. The Bertz CT molecular complexity index is 756. The number of ether oxygens (including phenoxy) is 3. The van der Waals surface area contributed by atoms with Gasteiger partial charge in [0, 0.05) is 25.1 Å². The van der Waals surface area contributed by atoms with Crippen molar-refractivity contribution in [2.24, 2.45) is 5.92 Å². The van der Waals surface area contributed by atoms with E-state index in [1.807, 2.05) is 32.9 Å². The molecule has 1 aromatic rings. The van der Waals surface area contributed by atoms with Crippen LogP contribution in [0.4, 0.5) is 4.79 Å². The minimum absolute atomic E-state index is 0.131. The molecule has 3 aliphatic heterocycles. The minimum Gasteiger partial charge on any atom is -0.486 e. The Morgan fingerprint density at radius 1 is 1.21 bits per heavy atom. The highest BCUT2D eigenvalue weighted by Crippen LogP contribution is 2.40. The molecule has 2 N–H and O–H groups in total. The quantitative estimate of drug-likeness (QED) is 0.780. The van der Waals surface area contributed by atoms with E-state index in [9.17, 15) is 9.90 Å². The van der Waals surface area contributed by atoms with Gasteiger partial charge in [-0.3, -0.25) is 4.84 Å². The van der Waals surface area contributed by atoms with Gasteiger partial charge in [-0.15, -0.1) is 0 Å². The lowest BCUT2D eigenvalue weighted by molar-refractivity contribution is -0.0818. The predicted octanol–water partition coefficient (Wildman–Crippen LogP) is 2.54. The lowest BCUT2D eigenvalue weighted by Gasteiger charge is -2.35. The number of piperidine rings is 1. The van der Waals surface area contributed by atoms with Crippen LogP contribution >= 0.6 is 0 Å². The van der Waals surface area contributed by atoms with Crippen LogP contribution in [0.2, 0.25) is 0 Å². The molecule has 0 bridgehead atoms. The fourth-order valence-electron chi connectivity index (χ4n) is 4.07. The van der Waals surface area contributed by atoms with Crippen molar-refractivity contribution in [3.8, 4) is 11.5 Å². The van der Waals surface area contributed by atoms with Gasteiger partial charge in [-0.2, -0.15) is 5.48 Å². The number of amides is 1. The third-order valence-electron chi connectivity index (χ3n) is 5.61. The molecule has 2 saturated heterocycles. The Hall–Kier alpha value is -2.03. The van der Waals surface area contributed by atoms with Gasteiger partial charge in [0.15, 0.2) is 17.2 Å². The molecule has 0 saturated carbocycles. The normalized spacial score (nSPS) is 27.7. The van der Waals surface area contributed by atoms with E-state index in [1.54, 1.807) is 11.0 Å². The van der Waals surface area contributed by atoms with E-state index < -0.39 is 11.3 Å². The number of nitrogens with zero attached hydrogens (tertiary/aromatic N) is 1. The number of fused-ring (bicyclic) bond motifs is 1. The first-order valence-electron chi connectivity index (χ1n) is 10.3. The number of likely N-dealkylation sites (tertiary alicyclic amines) is 1. The van der Waals surface area contributed by atoms with Crippen LogP contribution in [0.1, 0.15) is 45.6 Å². The Kier molecular flexibility index (Phi) is 5.35. The van der Waals surface area contributed by atoms with Crippen molar-refractivity contribution in [2.45, 2.75) is 57.5 Å². The number of carbonyl (C=O) groups is 1. The van der Waals surface area contributed by atoms with Crippen LogP contribution in [0.15, 0.2) is 18.2 Å². The molecule has 8 nitrogen and oxygen atoms in total. The van der Waals surface area contributed by atoms with Crippen LogP contribution in [-0.2, 0) is 15.3 Å². The van der Waals surface area contributed by atoms with Crippen LogP contribution in [-0.4, -0.2) is 54.1 Å². The molecule has 3 heterocycles. The summed E-state index contributed by atoms with van der Waals surface area (Å²) in [7, 11) is 0. The van der Waals surface area contributed by atoms with E-state index in [4.69, 9.17) is 19.0 Å². The highest BCUT2D eigenvalue weighted by Gasteiger charge is 2.44. The zero-order valence-corrected chi connectivity index (χ0v) is 17.3. The number of nitrogens with one attached hydrogen (secondary N) is 1. The topological polar surface area (TPSA) is 89.5 Å². The highest BCUT2D eigenvalue weighted by atomic mass is 16.7. The summed E-state index contributed by atoms with van der Waals surface area (Å²) in [5.41, 5.74) is 1.74. The van der Waals surface area contributed by atoms with Gasteiger partial charge >= 0.3 is 6.09 Å². The molecule has 8 heteroatoms. The molecule has 0 aromatic heterocycles. The summed E-state index contributed by atoms with van der Waals surface area (Å²) in [6.07, 6.45) is 1.65. The molecular formula is C21H30N2O6. The molecule has 2 fully saturated rings. The molecule has 0 spiro atoms. The molecule has 2 unspecified atom stereocenters. The Morgan fingerprint density at radius 2 is 1.90 bits per heavy atom. The standard InChI is InChI=1S/C21H30N2O6/c1-20(2,3)28-19(24)23-8-6-14(7-9-23)18-13-21(25,22-29-18)15-4-5-16-17(12-15)27-11-10-26-16/h4-5,12,14,18,22,25H,6-11,13H2,1-3H3. The SMILES string of the molecule is CC(C)(C)OC(=O)N1CCC(C2CC(O)(c3ccc4c(c3)OCCO4)NO2)CC1. The largest absolute Gasteiger partial charge is 0.486 e. The van der Waals surface area contributed by atoms with Crippen molar-refractivity contribution >= 4 is 6.09 Å². The number of rotatable bonds is 2. The van der Waals surface area contributed by atoms with Crippen LogP contribution in [0, 0.1) is 5.92 Å². The summed E-state index contributed by atoms with van der Waals surface area (Å²) in [5.74, 6) is 1.58. The lowest BCUT2D eigenvalue weighted by Crippen LogP contribution is -2.43. The minimum atomic E-state index is -1.27. The third kappa shape index (κ3) is 4.44. The Labute approximate surface area is 171 Å². The molecule has 0 aliphatic carbocycles. The maximum atomic E-state index is 12.2. The Balaban J connectivity index is 1.35. The van der Waals surface area contributed by atoms with Gasteiger partial charge in [0.25, 0.3) is 0 Å². The molecule has 1 amide bonds. The lowest BCUT2D eigenvalue weighted by atomic mass is 9.86. The van der Waals surface area contributed by atoms with Gasteiger partial charge < -0.3 is 24.2 Å². The summed E-state index contributed by atoms with van der Waals surface area (Å²) in [6.45, 7) is 7.89. The first-order valence-corrected chi connectivity index (χ1v) is 10.3. The number of hydroxylamine groups is 1. The van der Waals surface area contributed by atoms with Crippen LogP contribution in [0.5, 0.6) is 11.5 Å². The van der Waals surface area contributed by atoms with E-state index in [2.05, 4.69) is 5.48 Å². The third-order valence-corrected chi connectivity index (χ3v) is 5.61. The van der Waals surface area contributed by atoms with Gasteiger partial charge in [0.2, 0.25) is 0 Å². The maximum absolute atomic E-state index is 12.2. The molecule has 160 valence electrons. The molecule has 1 aromatic carbocycles. The van der Waals surface area contributed by atoms with E-state index >= 15 is 0 Å².